The van der Waals surface area contributed by atoms with Crippen molar-refractivity contribution in [3.63, 3.8) is 0 Å². The van der Waals surface area contributed by atoms with Gasteiger partial charge in [0.05, 0.1) is 32.6 Å². The molecule has 0 saturated heterocycles. The molecular weight excluding hydrogens is 539 g/mol. The van der Waals surface area contributed by atoms with Crippen molar-refractivity contribution in [1.29, 1.82) is 0 Å². The highest BCUT2D eigenvalue weighted by Gasteiger charge is 2.37. The summed E-state index contributed by atoms with van der Waals surface area (Å²) in [6, 6.07) is 21.7. The van der Waals surface area contributed by atoms with Crippen LogP contribution in [0.1, 0.15) is 41.5 Å². The zero-order chi connectivity index (χ0) is 27.8. The van der Waals surface area contributed by atoms with Crippen molar-refractivity contribution >= 4 is 46.4 Å². The Kier molecular flexibility index (Phi) is 7.16. The van der Waals surface area contributed by atoms with Gasteiger partial charge in [0, 0.05) is 29.4 Å². The summed E-state index contributed by atoms with van der Waals surface area (Å²) in [5, 5.41) is 11.6. The molecule has 10 heteroatoms. The van der Waals surface area contributed by atoms with Crippen LogP contribution in [-0.4, -0.2) is 38.8 Å². The normalized spacial score (nSPS) is 14.1. The average molecular weight is 563 g/mol. The zero-order valence-electron chi connectivity index (χ0n) is 21.1. The van der Waals surface area contributed by atoms with E-state index in [1.807, 2.05) is 65.4 Å². The number of rotatable bonds is 6. The summed E-state index contributed by atoms with van der Waals surface area (Å²) in [4.78, 5) is 41.5. The average Bonchev–Trinajstić information content (AvgIpc) is 3.40. The summed E-state index contributed by atoms with van der Waals surface area (Å²) in [5.41, 5.74) is 3.10. The number of nitro benzene ring substituents is 1. The van der Waals surface area contributed by atoms with Crippen LogP contribution in [0.5, 0.6) is 0 Å². The monoisotopic (exact) mass is 562 g/mol. The van der Waals surface area contributed by atoms with Gasteiger partial charge in [-0.3, -0.25) is 24.6 Å². The Morgan fingerprint density at radius 1 is 0.974 bits per heavy atom. The lowest BCUT2D eigenvalue weighted by Crippen LogP contribution is -2.48. The molecule has 5 rings (SSSR count). The van der Waals surface area contributed by atoms with Gasteiger partial charge in [-0.15, -0.1) is 0 Å². The summed E-state index contributed by atoms with van der Waals surface area (Å²) in [7, 11) is 0. The lowest BCUT2D eigenvalue weighted by molar-refractivity contribution is -0.384. The van der Waals surface area contributed by atoms with Crippen LogP contribution in [0.4, 0.5) is 11.4 Å². The third-order valence-electron chi connectivity index (χ3n) is 6.74. The number of carbonyl (C=O) groups is 2. The highest BCUT2D eigenvalue weighted by atomic mass is 35.5. The minimum atomic E-state index is -0.580. The van der Waals surface area contributed by atoms with Crippen LogP contribution in [0.2, 0.25) is 10.0 Å². The van der Waals surface area contributed by atoms with E-state index in [9.17, 15) is 19.7 Å². The molecule has 4 aromatic rings. The van der Waals surface area contributed by atoms with E-state index >= 15 is 0 Å². The van der Waals surface area contributed by atoms with E-state index in [1.165, 1.54) is 17.0 Å². The van der Waals surface area contributed by atoms with Crippen molar-refractivity contribution in [2.45, 2.75) is 25.9 Å². The molecule has 1 aliphatic rings. The van der Waals surface area contributed by atoms with Gasteiger partial charge in [-0.05, 0) is 61.9 Å². The fourth-order valence-electron chi connectivity index (χ4n) is 4.91. The quantitative estimate of drug-likeness (QED) is 0.193. The molecule has 198 valence electrons. The van der Waals surface area contributed by atoms with Gasteiger partial charge in [-0.25, -0.2) is 0 Å². The second kappa shape index (κ2) is 10.6. The smallest absolute Gasteiger partial charge is 0.270 e. The number of halogens is 2. The molecule has 0 aliphatic carbocycles. The van der Waals surface area contributed by atoms with Crippen LogP contribution in [0.3, 0.4) is 0 Å². The van der Waals surface area contributed by atoms with Gasteiger partial charge < -0.3 is 9.47 Å². The molecule has 2 heterocycles. The molecule has 0 radical (unpaired) electrons. The standard InChI is InChI=1S/C29H24Cl2N4O4/c1-18(2)33(29(37)22-13-12-21(35(38)39)16-23(22)31)17-27(36)34-25-10-4-3-9-24(25)32-14-6-11-26(32)28(34)19-7-5-8-20(30)15-19/h3-16,18,28H,17H2,1-2H3. The Morgan fingerprint density at radius 3 is 2.38 bits per heavy atom. The number of hydrogen-bond donors (Lipinski definition) is 0. The molecule has 8 nitrogen and oxygen atoms in total. The third-order valence-corrected chi connectivity index (χ3v) is 7.28. The number of hydrogen-bond acceptors (Lipinski definition) is 4. The van der Waals surface area contributed by atoms with Crippen molar-refractivity contribution in [2.24, 2.45) is 0 Å². The van der Waals surface area contributed by atoms with Crippen LogP contribution < -0.4 is 4.90 Å². The van der Waals surface area contributed by atoms with Crippen LogP contribution in [0.25, 0.3) is 5.69 Å². The molecule has 3 aromatic carbocycles. The molecule has 0 N–H and O–H groups in total. The second-order valence-electron chi connectivity index (χ2n) is 9.46. The summed E-state index contributed by atoms with van der Waals surface area (Å²) >= 11 is 12.6. The number of aromatic nitrogens is 1. The molecule has 1 aromatic heterocycles. The fourth-order valence-corrected chi connectivity index (χ4v) is 5.36. The number of para-hydroxylation sites is 2. The molecule has 0 saturated carbocycles. The summed E-state index contributed by atoms with van der Waals surface area (Å²) in [6.45, 7) is 3.36. The first-order valence-corrected chi connectivity index (χ1v) is 13.0. The lowest BCUT2D eigenvalue weighted by atomic mass is 9.97. The van der Waals surface area contributed by atoms with Gasteiger partial charge in [-0.1, -0.05) is 47.5 Å². The number of nitro groups is 1. The first kappa shape index (κ1) is 26.5. The van der Waals surface area contributed by atoms with Crippen molar-refractivity contribution < 1.29 is 14.5 Å². The number of carbonyl (C=O) groups excluding carboxylic acids is 2. The highest BCUT2D eigenvalue weighted by Crippen LogP contribution is 2.42. The largest absolute Gasteiger partial charge is 0.327 e. The number of anilines is 1. The van der Waals surface area contributed by atoms with Crippen LogP contribution in [0.15, 0.2) is 85.1 Å². The number of nitrogens with zero attached hydrogens (tertiary/aromatic N) is 4. The van der Waals surface area contributed by atoms with Crippen LogP contribution in [-0.2, 0) is 4.79 Å². The first-order valence-electron chi connectivity index (χ1n) is 12.3. The van der Waals surface area contributed by atoms with Crippen molar-refractivity contribution in [3.8, 4) is 5.69 Å². The van der Waals surface area contributed by atoms with E-state index in [2.05, 4.69) is 0 Å². The van der Waals surface area contributed by atoms with Crippen LogP contribution >= 0.6 is 23.2 Å². The summed E-state index contributed by atoms with van der Waals surface area (Å²) in [5.74, 6) is -0.800. The predicted octanol–water partition coefficient (Wildman–Crippen LogP) is 6.68. The maximum atomic E-state index is 14.2. The van der Waals surface area contributed by atoms with E-state index in [4.69, 9.17) is 23.2 Å². The maximum absolute atomic E-state index is 14.2. The van der Waals surface area contributed by atoms with Crippen molar-refractivity contribution in [1.82, 2.24) is 9.47 Å². The number of non-ortho nitro benzene ring substituents is 1. The Hall–Kier alpha value is -4.14. The molecule has 39 heavy (non-hydrogen) atoms. The molecule has 0 fully saturated rings. The van der Waals surface area contributed by atoms with E-state index in [0.717, 1.165) is 23.0 Å². The first-order chi connectivity index (χ1) is 18.7. The Balaban J connectivity index is 1.56. The van der Waals surface area contributed by atoms with Crippen molar-refractivity contribution in [2.75, 3.05) is 11.4 Å². The fraction of sp³-hybridized carbons (Fsp3) is 0.172. The van der Waals surface area contributed by atoms with E-state index in [0.29, 0.717) is 10.7 Å². The summed E-state index contributed by atoms with van der Waals surface area (Å²) < 4.78 is 2.05. The van der Waals surface area contributed by atoms with Gasteiger partial charge in [0.1, 0.15) is 12.6 Å². The Morgan fingerprint density at radius 2 is 1.72 bits per heavy atom. The number of benzene rings is 3. The van der Waals surface area contributed by atoms with E-state index < -0.39 is 16.9 Å². The molecule has 1 aliphatic heterocycles. The highest BCUT2D eigenvalue weighted by molar-refractivity contribution is 6.34. The van der Waals surface area contributed by atoms with Crippen molar-refractivity contribution in [3.05, 3.63) is 122 Å². The van der Waals surface area contributed by atoms with Gasteiger partial charge >= 0.3 is 0 Å². The van der Waals surface area contributed by atoms with Gasteiger partial charge in [0.2, 0.25) is 5.91 Å². The second-order valence-corrected chi connectivity index (χ2v) is 10.3. The molecule has 1 unspecified atom stereocenters. The zero-order valence-corrected chi connectivity index (χ0v) is 22.6. The SMILES string of the molecule is CC(C)N(CC(=O)N1c2ccccc2-n2cccc2C1c1cccc(Cl)c1)C(=O)c1ccc([N+](=O)[O-])cc1Cl. The third kappa shape index (κ3) is 4.89. The predicted molar refractivity (Wildman–Crippen MR) is 151 cm³/mol. The number of amides is 2. The van der Waals surface area contributed by atoms with E-state index in [1.54, 1.807) is 24.8 Å². The lowest BCUT2D eigenvalue weighted by Gasteiger charge is -2.40. The Labute approximate surface area is 235 Å². The van der Waals surface area contributed by atoms with Gasteiger partial charge in [-0.2, -0.15) is 0 Å². The minimum Gasteiger partial charge on any atom is -0.327 e. The minimum absolute atomic E-state index is 0.0507. The van der Waals surface area contributed by atoms with Gasteiger partial charge in [0.15, 0.2) is 0 Å². The molecule has 2 amide bonds. The molecule has 0 bridgehead atoms. The Bertz CT molecular complexity index is 1600. The maximum Gasteiger partial charge on any atom is 0.270 e. The summed E-state index contributed by atoms with van der Waals surface area (Å²) in [6.07, 6.45) is 1.95. The topological polar surface area (TPSA) is 88.7 Å². The molecular formula is C29H24Cl2N4O4. The van der Waals surface area contributed by atoms with Crippen LogP contribution in [0, 0.1) is 10.1 Å². The van der Waals surface area contributed by atoms with E-state index in [-0.39, 0.29) is 34.8 Å². The van der Waals surface area contributed by atoms with Gasteiger partial charge in [0.25, 0.3) is 11.6 Å². The molecule has 1 atom stereocenters. The molecule has 0 spiro atoms. The number of fused-ring (bicyclic) bond motifs is 3.